The fourth-order valence-electron chi connectivity index (χ4n) is 3.20. The highest BCUT2D eigenvalue weighted by atomic mass is 35.5. The van der Waals surface area contributed by atoms with Crippen molar-refractivity contribution in [3.8, 4) is 16.9 Å². The Labute approximate surface area is 162 Å². The maximum absolute atomic E-state index is 6.06. The van der Waals surface area contributed by atoms with Crippen LogP contribution in [0.5, 0.6) is 0 Å². The van der Waals surface area contributed by atoms with Crippen LogP contribution in [-0.2, 0) is 0 Å². The van der Waals surface area contributed by atoms with Gasteiger partial charge in [0.2, 0.25) is 4.80 Å². The van der Waals surface area contributed by atoms with Gasteiger partial charge in [0.1, 0.15) is 0 Å². The van der Waals surface area contributed by atoms with Crippen molar-refractivity contribution in [2.45, 2.75) is 32.1 Å². The van der Waals surface area contributed by atoms with Crippen LogP contribution in [0.25, 0.3) is 16.9 Å². The van der Waals surface area contributed by atoms with Crippen LogP contribution in [0.15, 0.2) is 70.2 Å². The van der Waals surface area contributed by atoms with Crippen molar-refractivity contribution in [3.05, 3.63) is 69.8 Å². The third-order valence-corrected chi connectivity index (χ3v) is 5.64. The molecule has 0 radical (unpaired) electrons. The Bertz CT molecular complexity index is 960. The van der Waals surface area contributed by atoms with Gasteiger partial charge < -0.3 is 0 Å². The van der Waals surface area contributed by atoms with E-state index in [4.69, 9.17) is 11.6 Å². The number of aromatic nitrogens is 1. The van der Waals surface area contributed by atoms with Gasteiger partial charge in [-0.05, 0) is 55.5 Å². The van der Waals surface area contributed by atoms with E-state index in [1.54, 1.807) is 11.3 Å². The van der Waals surface area contributed by atoms with Crippen molar-refractivity contribution in [1.29, 1.82) is 0 Å². The molecule has 0 saturated heterocycles. The van der Waals surface area contributed by atoms with Crippen LogP contribution >= 0.6 is 22.9 Å². The van der Waals surface area contributed by atoms with Crippen LogP contribution in [0, 0.1) is 0 Å². The first kappa shape index (κ1) is 17.3. The molecule has 0 aliphatic heterocycles. The smallest absolute Gasteiger partial charge is 0.215 e. The predicted octanol–water partition coefficient (Wildman–Crippen LogP) is 6.08. The Morgan fingerprint density at radius 1 is 0.846 bits per heavy atom. The fourth-order valence-corrected chi connectivity index (χ4v) is 4.18. The summed E-state index contributed by atoms with van der Waals surface area (Å²) >= 11 is 7.67. The van der Waals surface area contributed by atoms with Crippen LogP contribution in [0.3, 0.4) is 0 Å². The first-order valence-electron chi connectivity index (χ1n) is 8.92. The van der Waals surface area contributed by atoms with Crippen molar-refractivity contribution >= 4 is 28.6 Å². The SMILES string of the molecule is Clc1ccc(-c2cs/c(=N\N=C3CCCCC3)n2-c2ccccc2)cc1. The lowest BCUT2D eigenvalue weighted by molar-refractivity contribution is 0.663. The Morgan fingerprint density at radius 3 is 2.31 bits per heavy atom. The van der Waals surface area contributed by atoms with E-state index in [2.05, 4.69) is 32.3 Å². The number of nitrogens with zero attached hydrogens (tertiary/aromatic N) is 3. The van der Waals surface area contributed by atoms with Crippen LogP contribution < -0.4 is 4.80 Å². The monoisotopic (exact) mass is 381 g/mol. The van der Waals surface area contributed by atoms with Gasteiger partial charge in [-0.2, -0.15) is 5.10 Å². The molecule has 0 atom stereocenters. The topological polar surface area (TPSA) is 29.6 Å². The minimum atomic E-state index is 0.740. The lowest BCUT2D eigenvalue weighted by Gasteiger charge is -2.10. The summed E-state index contributed by atoms with van der Waals surface area (Å²) < 4.78 is 2.17. The molecule has 1 aromatic heterocycles. The van der Waals surface area contributed by atoms with Crippen molar-refractivity contribution in [1.82, 2.24) is 4.57 Å². The predicted molar refractivity (Wildman–Crippen MR) is 110 cm³/mol. The summed E-state index contributed by atoms with van der Waals surface area (Å²) in [6, 6.07) is 18.2. The van der Waals surface area contributed by atoms with Crippen molar-refractivity contribution < 1.29 is 0 Å². The zero-order valence-electron chi connectivity index (χ0n) is 14.4. The second kappa shape index (κ2) is 8.02. The minimum Gasteiger partial charge on any atom is -0.284 e. The summed E-state index contributed by atoms with van der Waals surface area (Å²) in [5.74, 6) is 0. The third kappa shape index (κ3) is 3.81. The molecule has 0 unspecified atom stereocenters. The molecule has 1 heterocycles. The molecule has 1 aliphatic rings. The number of benzene rings is 2. The fraction of sp³-hybridized carbons (Fsp3) is 0.238. The lowest BCUT2D eigenvalue weighted by atomic mass is 9.99. The summed E-state index contributed by atoms with van der Waals surface area (Å²) in [4.78, 5) is 0.888. The third-order valence-electron chi connectivity index (χ3n) is 4.57. The molecule has 0 N–H and O–H groups in total. The molecule has 0 spiro atoms. The van der Waals surface area contributed by atoms with Gasteiger partial charge in [0.15, 0.2) is 0 Å². The normalized spacial score (nSPS) is 15.3. The molecule has 26 heavy (non-hydrogen) atoms. The highest BCUT2D eigenvalue weighted by molar-refractivity contribution is 7.07. The first-order chi connectivity index (χ1) is 12.8. The van der Waals surface area contributed by atoms with Gasteiger partial charge in [-0.25, -0.2) is 0 Å². The molecule has 0 bridgehead atoms. The molecule has 0 amide bonds. The van der Waals surface area contributed by atoms with E-state index in [1.807, 2.05) is 42.5 Å². The summed E-state index contributed by atoms with van der Waals surface area (Å²) in [7, 11) is 0. The van der Waals surface area contributed by atoms with E-state index in [9.17, 15) is 0 Å². The number of thiazole rings is 1. The van der Waals surface area contributed by atoms with Crippen molar-refractivity contribution in [2.24, 2.45) is 10.2 Å². The molecule has 132 valence electrons. The van der Waals surface area contributed by atoms with Gasteiger partial charge in [-0.1, -0.05) is 48.4 Å². The molecule has 2 aromatic carbocycles. The Balaban J connectivity index is 1.83. The van der Waals surface area contributed by atoms with E-state index in [-0.39, 0.29) is 0 Å². The van der Waals surface area contributed by atoms with Gasteiger partial charge in [-0.3, -0.25) is 4.57 Å². The molecule has 4 rings (SSSR count). The average Bonchev–Trinajstić information content (AvgIpc) is 3.12. The van der Waals surface area contributed by atoms with Crippen LogP contribution in [-0.4, -0.2) is 10.3 Å². The largest absolute Gasteiger partial charge is 0.284 e. The average molecular weight is 382 g/mol. The number of rotatable bonds is 3. The molecule has 1 aliphatic carbocycles. The molecule has 3 nitrogen and oxygen atoms in total. The van der Waals surface area contributed by atoms with Crippen molar-refractivity contribution in [3.63, 3.8) is 0 Å². The number of hydrogen-bond acceptors (Lipinski definition) is 3. The van der Waals surface area contributed by atoms with Crippen LogP contribution in [0.2, 0.25) is 5.02 Å². The van der Waals surface area contributed by atoms with Crippen LogP contribution in [0.1, 0.15) is 32.1 Å². The van der Waals surface area contributed by atoms with Gasteiger partial charge >= 0.3 is 0 Å². The number of halogens is 1. The van der Waals surface area contributed by atoms with E-state index in [0.717, 1.165) is 39.6 Å². The quantitative estimate of drug-likeness (QED) is 0.492. The first-order valence-corrected chi connectivity index (χ1v) is 10.2. The Hall–Kier alpha value is -2.17. The molecule has 5 heteroatoms. The number of hydrogen-bond donors (Lipinski definition) is 0. The van der Waals surface area contributed by atoms with Gasteiger partial charge in [0.25, 0.3) is 0 Å². The van der Waals surface area contributed by atoms with Gasteiger partial charge in [0.05, 0.1) is 5.69 Å². The summed E-state index contributed by atoms with van der Waals surface area (Å²) in [6.45, 7) is 0. The van der Waals surface area contributed by atoms with E-state index >= 15 is 0 Å². The standard InChI is InChI=1S/C21H20ClN3S/c22-17-13-11-16(12-14-17)20-15-26-21(24-23-18-7-3-1-4-8-18)25(20)19-9-5-2-6-10-19/h2,5-6,9-15H,1,3-4,7-8H2/b24-21-. The molecule has 1 fully saturated rings. The second-order valence-electron chi connectivity index (χ2n) is 6.41. The second-order valence-corrected chi connectivity index (χ2v) is 7.68. The van der Waals surface area contributed by atoms with E-state index in [1.165, 1.54) is 25.0 Å². The van der Waals surface area contributed by atoms with Gasteiger partial charge in [0, 0.05) is 21.8 Å². The maximum atomic E-state index is 6.06. The minimum absolute atomic E-state index is 0.740. The highest BCUT2D eigenvalue weighted by Gasteiger charge is 2.11. The number of para-hydroxylation sites is 1. The summed E-state index contributed by atoms with van der Waals surface area (Å²) in [6.07, 6.45) is 5.91. The Morgan fingerprint density at radius 2 is 1.58 bits per heavy atom. The zero-order chi connectivity index (χ0) is 17.8. The van der Waals surface area contributed by atoms with E-state index < -0.39 is 0 Å². The van der Waals surface area contributed by atoms with E-state index in [0.29, 0.717) is 0 Å². The van der Waals surface area contributed by atoms with Gasteiger partial charge in [-0.15, -0.1) is 16.4 Å². The lowest BCUT2D eigenvalue weighted by Crippen LogP contribution is -2.14. The van der Waals surface area contributed by atoms with Crippen molar-refractivity contribution in [2.75, 3.05) is 0 Å². The molecular weight excluding hydrogens is 362 g/mol. The zero-order valence-corrected chi connectivity index (χ0v) is 16.0. The Kier molecular flexibility index (Phi) is 5.32. The molecule has 1 saturated carbocycles. The highest BCUT2D eigenvalue weighted by Crippen LogP contribution is 2.25. The summed E-state index contributed by atoms with van der Waals surface area (Å²) in [5, 5.41) is 12.1. The summed E-state index contributed by atoms with van der Waals surface area (Å²) in [5.41, 5.74) is 4.51. The molecular formula is C21H20ClN3S. The molecule has 3 aromatic rings. The maximum Gasteiger partial charge on any atom is 0.215 e. The van der Waals surface area contributed by atoms with Crippen LogP contribution in [0.4, 0.5) is 0 Å².